The smallest absolute Gasteiger partial charge is 0.258 e. The van der Waals surface area contributed by atoms with Gasteiger partial charge in [-0.3, -0.25) is 9.59 Å². The van der Waals surface area contributed by atoms with Crippen molar-refractivity contribution in [2.75, 3.05) is 6.54 Å². The number of hydrogen-bond acceptors (Lipinski definition) is 4. The number of hydrogen-bond donors (Lipinski definition) is 3. The molecule has 0 radical (unpaired) electrons. The second-order valence-electron chi connectivity index (χ2n) is 7.62. The number of H-pyrrole nitrogens is 1. The van der Waals surface area contributed by atoms with E-state index < -0.39 is 0 Å². The second-order valence-corrected chi connectivity index (χ2v) is 7.62. The van der Waals surface area contributed by atoms with E-state index in [1.165, 1.54) is 5.56 Å². The van der Waals surface area contributed by atoms with E-state index in [-0.39, 0.29) is 29.9 Å². The zero-order valence-electron chi connectivity index (χ0n) is 17.4. The molecule has 7 heteroatoms. The van der Waals surface area contributed by atoms with Crippen molar-refractivity contribution < 1.29 is 4.79 Å². The molecule has 1 amide bonds. The average molecular weight is 429 g/mol. The number of aryl methyl sites for hydroxylation is 1. The molecule has 0 bridgehead atoms. The number of amides is 1. The van der Waals surface area contributed by atoms with Gasteiger partial charge in [0, 0.05) is 25.4 Å². The third kappa shape index (κ3) is 6.15. The predicted octanol–water partition coefficient (Wildman–Crippen LogP) is 3.61. The summed E-state index contributed by atoms with van der Waals surface area (Å²) in [7, 11) is 0. The lowest BCUT2D eigenvalue weighted by atomic mass is 9.99. The largest absolute Gasteiger partial charge is 0.354 e. The molecule has 0 aliphatic heterocycles. The Morgan fingerprint density at radius 2 is 1.77 bits per heavy atom. The Kier molecular flexibility index (Phi) is 8.57. The summed E-state index contributed by atoms with van der Waals surface area (Å²) >= 11 is 0. The second kappa shape index (κ2) is 10.9. The Morgan fingerprint density at radius 1 is 1.10 bits per heavy atom. The van der Waals surface area contributed by atoms with Crippen molar-refractivity contribution in [2.45, 2.75) is 45.1 Å². The first-order valence-corrected chi connectivity index (χ1v) is 10.0. The van der Waals surface area contributed by atoms with Crippen LogP contribution in [-0.4, -0.2) is 22.4 Å². The Hall–Kier alpha value is -2.70. The lowest BCUT2D eigenvalue weighted by Crippen LogP contribution is -2.31. The van der Waals surface area contributed by atoms with Gasteiger partial charge in [0.2, 0.25) is 5.91 Å². The van der Waals surface area contributed by atoms with Crippen LogP contribution in [0.2, 0.25) is 0 Å². The van der Waals surface area contributed by atoms with E-state index in [0.717, 1.165) is 5.56 Å². The SMILES string of the molecule is CC(C)c1ccc(C(N)CNC(=O)CCCc2nc3ccccc3c(=O)[nH]2)cc1.Cl. The number of fused-ring (bicyclic) bond motifs is 1. The highest BCUT2D eigenvalue weighted by molar-refractivity contribution is 5.85. The van der Waals surface area contributed by atoms with Crippen molar-refractivity contribution in [3.63, 3.8) is 0 Å². The monoisotopic (exact) mass is 428 g/mol. The number of nitrogens with one attached hydrogen (secondary N) is 2. The van der Waals surface area contributed by atoms with Crippen LogP contribution in [-0.2, 0) is 11.2 Å². The molecular formula is C23H29ClN4O2. The lowest BCUT2D eigenvalue weighted by Gasteiger charge is -2.14. The highest BCUT2D eigenvalue weighted by atomic mass is 35.5. The number of carbonyl (C=O) groups excluding carboxylic acids is 1. The van der Waals surface area contributed by atoms with E-state index in [1.807, 2.05) is 30.3 Å². The average Bonchev–Trinajstić information content (AvgIpc) is 2.72. The minimum atomic E-state index is -0.237. The molecular weight excluding hydrogens is 400 g/mol. The number of carbonyl (C=O) groups is 1. The number of aromatic nitrogens is 2. The molecule has 0 spiro atoms. The van der Waals surface area contributed by atoms with Crippen LogP contribution in [0.15, 0.2) is 53.3 Å². The number of benzene rings is 2. The molecule has 6 nitrogen and oxygen atoms in total. The first-order chi connectivity index (χ1) is 13.9. The summed E-state index contributed by atoms with van der Waals surface area (Å²) in [5.41, 5.74) is 8.99. The molecule has 0 aliphatic rings. The van der Waals surface area contributed by atoms with Crippen LogP contribution in [0.4, 0.5) is 0 Å². The van der Waals surface area contributed by atoms with Crippen LogP contribution in [0.3, 0.4) is 0 Å². The fourth-order valence-electron chi connectivity index (χ4n) is 3.23. The van der Waals surface area contributed by atoms with Gasteiger partial charge in [-0.1, -0.05) is 50.2 Å². The van der Waals surface area contributed by atoms with Gasteiger partial charge < -0.3 is 16.0 Å². The first kappa shape index (κ1) is 23.6. The fraction of sp³-hybridized carbons (Fsp3) is 0.348. The third-order valence-electron chi connectivity index (χ3n) is 5.03. The predicted molar refractivity (Wildman–Crippen MR) is 123 cm³/mol. The molecule has 1 aromatic heterocycles. The van der Waals surface area contributed by atoms with E-state index in [2.05, 4.69) is 41.3 Å². The standard InChI is InChI=1S/C23H28N4O2.ClH/c1-15(2)16-10-12-17(13-11-16)19(24)14-25-22(28)9-5-8-21-26-20-7-4-3-6-18(20)23(29)27-21;/h3-4,6-7,10-13,15,19H,5,8-9,14,24H2,1-2H3,(H,25,28)(H,26,27,29);1H. The lowest BCUT2D eigenvalue weighted by molar-refractivity contribution is -0.121. The Bertz CT molecular complexity index is 1030. The van der Waals surface area contributed by atoms with Crippen LogP contribution in [0.1, 0.15) is 55.6 Å². The van der Waals surface area contributed by atoms with Crippen molar-refractivity contribution >= 4 is 29.2 Å². The van der Waals surface area contributed by atoms with Gasteiger partial charge in [-0.25, -0.2) is 4.98 Å². The number of nitrogens with zero attached hydrogens (tertiary/aromatic N) is 1. The molecule has 1 heterocycles. The van der Waals surface area contributed by atoms with Gasteiger partial charge in [-0.05, 0) is 35.6 Å². The Balaban J connectivity index is 0.00000320. The van der Waals surface area contributed by atoms with E-state index in [1.54, 1.807) is 6.07 Å². The van der Waals surface area contributed by atoms with E-state index in [0.29, 0.717) is 48.5 Å². The fourth-order valence-corrected chi connectivity index (χ4v) is 3.23. The topological polar surface area (TPSA) is 101 Å². The maximum atomic E-state index is 12.1. The van der Waals surface area contributed by atoms with Gasteiger partial charge >= 0.3 is 0 Å². The highest BCUT2D eigenvalue weighted by Crippen LogP contribution is 2.17. The van der Waals surface area contributed by atoms with Crippen LogP contribution >= 0.6 is 12.4 Å². The molecule has 1 atom stereocenters. The Labute approximate surface area is 182 Å². The molecule has 0 fully saturated rings. The van der Waals surface area contributed by atoms with Crippen molar-refractivity contribution in [1.82, 2.24) is 15.3 Å². The quantitative estimate of drug-likeness (QED) is 0.510. The number of nitrogens with two attached hydrogens (primary N) is 1. The molecule has 0 saturated carbocycles. The molecule has 160 valence electrons. The number of para-hydroxylation sites is 1. The third-order valence-corrected chi connectivity index (χ3v) is 5.03. The summed E-state index contributed by atoms with van der Waals surface area (Å²) in [6.45, 7) is 4.70. The van der Waals surface area contributed by atoms with Gasteiger partial charge in [0.15, 0.2) is 0 Å². The molecule has 30 heavy (non-hydrogen) atoms. The maximum absolute atomic E-state index is 12.1. The maximum Gasteiger partial charge on any atom is 0.258 e. The molecule has 0 saturated heterocycles. The van der Waals surface area contributed by atoms with E-state index in [4.69, 9.17) is 5.73 Å². The van der Waals surface area contributed by atoms with Crippen molar-refractivity contribution in [3.8, 4) is 0 Å². The van der Waals surface area contributed by atoms with Crippen LogP contribution < -0.4 is 16.6 Å². The summed E-state index contributed by atoms with van der Waals surface area (Å²) in [6, 6.07) is 15.2. The number of rotatable bonds is 8. The summed E-state index contributed by atoms with van der Waals surface area (Å²) in [5.74, 6) is 1.03. The zero-order chi connectivity index (χ0) is 20.8. The van der Waals surface area contributed by atoms with Gasteiger partial charge in [0.05, 0.1) is 10.9 Å². The van der Waals surface area contributed by atoms with E-state index >= 15 is 0 Å². The molecule has 4 N–H and O–H groups in total. The summed E-state index contributed by atoms with van der Waals surface area (Å²) < 4.78 is 0. The van der Waals surface area contributed by atoms with Gasteiger partial charge in [0.1, 0.15) is 5.82 Å². The minimum Gasteiger partial charge on any atom is -0.354 e. The van der Waals surface area contributed by atoms with Crippen LogP contribution in [0, 0.1) is 0 Å². The van der Waals surface area contributed by atoms with Crippen molar-refractivity contribution in [2.24, 2.45) is 5.73 Å². The summed E-state index contributed by atoms with van der Waals surface area (Å²) in [4.78, 5) is 31.5. The van der Waals surface area contributed by atoms with Crippen LogP contribution in [0.5, 0.6) is 0 Å². The number of aromatic amines is 1. The summed E-state index contributed by atoms with van der Waals surface area (Å²) in [5, 5.41) is 3.46. The molecule has 0 aliphatic carbocycles. The number of halogens is 1. The van der Waals surface area contributed by atoms with Gasteiger partial charge in [0.25, 0.3) is 5.56 Å². The Morgan fingerprint density at radius 3 is 2.47 bits per heavy atom. The summed E-state index contributed by atoms with van der Waals surface area (Å²) in [6.07, 6.45) is 1.50. The molecule has 2 aromatic carbocycles. The minimum absolute atomic E-state index is 0. The van der Waals surface area contributed by atoms with E-state index in [9.17, 15) is 9.59 Å². The van der Waals surface area contributed by atoms with Crippen molar-refractivity contribution in [1.29, 1.82) is 0 Å². The molecule has 3 rings (SSSR count). The van der Waals surface area contributed by atoms with Crippen molar-refractivity contribution in [3.05, 3.63) is 75.8 Å². The first-order valence-electron chi connectivity index (χ1n) is 10.0. The normalized spacial score (nSPS) is 11.9. The van der Waals surface area contributed by atoms with Gasteiger partial charge in [-0.2, -0.15) is 0 Å². The van der Waals surface area contributed by atoms with Gasteiger partial charge in [-0.15, -0.1) is 12.4 Å². The molecule has 3 aromatic rings. The van der Waals surface area contributed by atoms with Crippen LogP contribution in [0.25, 0.3) is 10.9 Å². The molecule has 1 unspecified atom stereocenters. The zero-order valence-corrected chi connectivity index (χ0v) is 18.2. The highest BCUT2D eigenvalue weighted by Gasteiger charge is 2.10.